The van der Waals surface area contributed by atoms with Crippen molar-refractivity contribution in [3.05, 3.63) is 0 Å². The molecule has 0 aromatic heterocycles. The molecular formula is C3H8LiS. The van der Waals surface area contributed by atoms with Crippen molar-refractivity contribution in [1.82, 2.24) is 0 Å². The van der Waals surface area contributed by atoms with Gasteiger partial charge in [-0.25, -0.2) is 0 Å². The van der Waals surface area contributed by atoms with Crippen LogP contribution < -0.4 is 0 Å². The van der Waals surface area contributed by atoms with Gasteiger partial charge in [0, 0.05) is 18.9 Å². The first kappa shape index (κ1) is 9.34. The average Bonchev–Trinajstić information content (AvgIpc) is 1.37. The molecule has 5 heavy (non-hydrogen) atoms. The fourth-order valence-electron chi connectivity index (χ4n) is 0. The van der Waals surface area contributed by atoms with Crippen molar-refractivity contribution >= 4 is 31.5 Å². The summed E-state index contributed by atoms with van der Waals surface area (Å²) in [7, 11) is 0. The second-order valence-corrected chi connectivity index (χ2v) is 1.17. The van der Waals surface area contributed by atoms with Gasteiger partial charge in [-0.05, 0) is 12.2 Å². The molecule has 0 aromatic carbocycles. The molecule has 2 heteroatoms. The van der Waals surface area contributed by atoms with Crippen molar-refractivity contribution in [2.24, 2.45) is 0 Å². The van der Waals surface area contributed by atoms with E-state index in [1.165, 1.54) is 6.42 Å². The SMILES string of the molecule is CCCS.[Li]. The molecule has 27 valence electrons. The molecule has 0 amide bonds. The third-order valence-electron chi connectivity index (χ3n) is 0.224. The summed E-state index contributed by atoms with van der Waals surface area (Å²) in [6, 6.07) is 0. The van der Waals surface area contributed by atoms with E-state index in [1.54, 1.807) is 0 Å². The van der Waals surface area contributed by atoms with Gasteiger partial charge >= 0.3 is 0 Å². The molecule has 0 bridgehead atoms. The molecule has 0 aliphatic carbocycles. The summed E-state index contributed by atoms with van der Waals surface area (Å²) >= 11 is 3.92. The molecule has 0 spiro atoms. The topological polar surface area (TPSA) is 0 Å². The van der Waals surface area contributed by atoms with Crippen LogP contribution in [0.1, 0.15) is 13.3 Å². The van der Waals surface area contributed by atoms with Gasteiger partial charge in [-0.1, -0.05) is 6.92 Å². The van der Waals surface area contributed by atoms with E-state index in [2.05, 4.69) is 19.6 Å². The minimum atomic E-state index is 0. The standard InChI is InChI=1S/C3H8S.Li/c1-2-3-4;/h4H,2-3H2,1H3;. The zero-order chi connectivity index (χ0) is 3.41. The summed E-state index contributed by atoms with van der Waals surface area (Å²) < 4.78 is 0. The van der Waals surface area contributed by atoms with E-state index in [0.29, 0.717) is 0 Å². The van der Waals surface area contributed by atoms with Gasteiger partial charge in [0.25, 0.3) is 0 Å². The summed E-state index contributed by atoms with van der Waals surface area (Å²) in [6.45, 7) is 2.10. The van der Waals surface area contributed by atoms with Crippen LogP contribution >= 0.6 is 12.6 Å². The predicted molar refractivity (Wildman–Crippen MR) is 29.9 cm³/mol. The maximum Gasteiger partial charge on any atom is 0 e. The van der Waals surface area contributed by atoms with E-state index in [-0.39, 0.29) is 18.9 Å². The van der Waals surface area contributed by atoms with Gasteiger partial charge in [-0.2, -0.15) is 12.6 Å². The molecule has 0 aromatic rings. The summed E-state index contributed by atoms with van der Waals surface area (Å²) in [5.74, 6) is 1.01. The second kappa shape index (κ2) is 8.87. The van der Waals surface area contributed by atoms with Gasteiger partial charge in [0.15, 0.2) is 0 Å². The second-order valence-electron chi connectivity index (χ2n) is 0.724. The predicted octanol–water partition coefficient (Wildman–Crippen LogP) is 0.945. The van der Waals surface area contributed by atoms with Gasteiger partial charge in [0.2, 0.25) is 0 Å². The third-order valence-corrected chi connectivity index (χ3v) is 0.671. The number of hydrogen-bond acceptors (Lipinski definition) is 1. The Morgan fingerprint density at radius 2 is 1.80 bits per heavy atom. The Balaban J connectivity index is 0. The van der Waals surface area contributed by atoms with Crippen molar-refractivity contribution in [2.45, 2.75) is 13.3 Å². The Bertz CT molecular complexity index is 8.85. The first-order chi connectivity index (χ1) is 1.91. The normalized spacial score (nSPS) is 6.00. The summed E-state index contributed by atoms with van der Waals surface area (Å²) in [5, 5.41) is 0. The minimum absolute atomic E-state index is 0. The van der Waals surface area contributed by atoms with E-state index >= 15 is 0 Å². The first-order valence-electron chi connectivity index (χ1n) is 1.52. The van der Waals surface area contributed by atoms with Crippen LogP contribution in [0.15, 0.2) is 0 Å². The number of hydrogen-bond donors (Lipinski definition) is 1. The summed E-state index contributed by atoms with van der Waals surface area (Å²) in [4.78, 5) is 0. The maximum absolute atomic E-state index is 3.92. The largest absolute Gasteiger partial charge is 0.179 e. The molecule has 0 N–H and O–H groups in total. The van der Waals surface area contributed by atoms with Gasteiger partial charge in [0.05, 0.1) is 0 Å². The molecule has 0 nitrogen and oxygen atoms in total. The van der Waals surface area contributed by atoms with Crippen LogP contribution in [0.4, 0.5) is 0 Å². The Labute approximate surface area is 50.9 Å². The van der Waals surface area contributed by atoms with Crippen molar-refractivity contribution in [2.75, 3.05) is 5.75 Å². The summed E-state index contributed by atoms with van der Waals surface area (Å²) in [5.41, 5.74) is 0. The molecule has 0 saturated carbocycles. The van der Waals surface area contributed by atoms with Gasteiger partial charge < -0.3 is 0 Å². The first-order valence-corrected chi connectivity index (χ1v) is 2.16. The van der Waals surface area contributed by atoms with Crippen molar-refractivity contribution < 1.29 is 0 Å². The number of rotatable bonds is 1. The van der Waals surface area contributed by atoms with Gasteiger partial charge in [0.1, 0.15) is 0 Å². The van der Waals surface area contributed by atoms with E-state index in [0.717, 1.165) is 5.75 Å². The summed E-state index contributed by atoms with van der Waals surface area (Å²) in [6.07, 6.45) is 1.18. The van der Waals surface area contributed by atoms with Crippen LogP contribution in [0.5, 0.6) is 0 Å². The molecule has 0 saturated heterocycles. The molecule has 0 fully saturated rings. The van der Waals surface area contributed by atoms with Crippen LogP contribution in [0, 0.1) is 0 Å². The Hall–Kier alpha value is 0.947. The third kappa shape index (κ3) is 11.3. The van der Waals surface area contributed by atoms with Crippen LogP contribution in [-0.2, 0) is 0 Å². The smallest absolute Gasteiger partial charge is 0 e. The van der Waals surface area contributed by atoms with E-state index in [9.17, 15) is 0 Å². The van der Waals surface area contributed by atoms with E-state index < -0.39 is 0 Å². The van der Waals surface area contributed by atoms with Crippen LogP contribution in [-0.4, -0.2) is 24.6 Å². The van der Waals surface area contributed by atoms with E-state index in [4.69, 9.17) is 0 Å². The van der Waals surface area contributed by atoms with Crippen molar-refractivity contribution in [3.8, 4) is 0 Å². The molecule has 0 heterocycles. The monoisotopic (exact) mass is 83.1 g/mol. The van der Waals surface area contributed by atoms with Crippen molar-refractivity contribution in [1.29, 1.82) is 0 Å². The van der Waals surface area contributed by atoms with E-state index in [1.807, 2.05) is 0 Å². The molecule has 0 aliphatic rings. The molecule has 0 unspecified atom stereocenters. The van der Waals surface area contributed by atoms with Gasteiger partial charge in [-0.15, -0.1) is 0 Å². The zero-order valence-corrected chi connectivity index (χ0v) is 4.76. The Morgan fingerprint density at radius 1 is 1.60 bits per heavy atom. The quantitative estimate of drug-likeness (QED) is 0.354. The van der Waals surface area contributed by atoms with Crippen molar-refractivity contribution in [3.63, 3.8) is 0 Å². The Kier molecular flexibility index (Phi) is 16.6. The molecular weight excluding hydrogens is 75.0 g/mol. The average molecular weight is 83.1 g/mol. The molecule has 0 aliphatic heterocycles. The van der Waals surface area contributed by atoms with Crippen LogP contribution in [0.2, 0.25) is 0 Å². The Morgan fingerprint density at radius 3 is 1.80 bits per heavy atom. The van der Waals surface area contributed by atoms with Crippen LogP contribution in [0.25, 0.3) is 0 Å². The molecule has 0 rings (SSSR count). The maximum atomic E-state index is 3.92. The van der Waals surface area contributed by atoms with Crippen LogP contribution in [0.3, 0.4) is 0 Å². The fraction of sp³-hybridized carbons (Fsp3) is 1.00. The number of thiol groups is 1. The molecule has 1 radical (unpaired) electrons. The fourth-order valence-corrected chi connectivity index (χ4v) is 0. The molecule has 0 atom stereocenters. The minimum Gasteiger partial charge on any atom is -0.179 e. The zero-order valence-electron chi connectivity index (χ0n) is 3.86. The van der Waals surface area contributed by atoms with Gasteiger partial charge in [-0.3, -0.25) is 0 Å².